The summed E-state index contributed by atoms with van der Waals surface area (Å²) < 4.78 is 3.34. The molecule has 0 amide bonds. The number of hydrogen-bond acceptors (Lipinski definition) is 1. The second-order valence-electron chi connectivity index (χ2n) is 4.99. The van der Waals surface area contributed by atoms with Gasteiger partial charge in [0, 0.05) is 23.3 Å². The van der Waals surface area contributed by atoms with Crippen LogP contribution in [0.5, 0.6) is 0 Å². The lowest BCUT2D eigenvalue weighted by atomic mass is 10.1. The quantitative estimate of drug-likeness (QED) is 0.594. The number of hydrogen-bond donors (Lipinski definition) is 0. The summed E-state index contributed by atoms with van der Waals surface area (Å²) >= 11 is 9.43. The minimum absolute atomic E-state index is 0.593. The molecule has 3 rings (SSSR count). The number of halogens is 2. The third kappa shape index (κ3) is 3.30. The first kappa shape index (κ1) is 14.6. The molecule has 0 unspecified atom stereocenters. The van der Waals surface area contributed by atoms with Gasteiger partial charge in [-0.1, -0.05) is 46.3 Å². The molecule has 0 radical (unpaired) electrons. The van der Waals surface area contributed by atoms with Crippen LogP contribution in [0.25, 0.3) is 11.0 Å². The van der Waals surface area contributed by atoms with Crippen molar-refractivity contribution in [3.63, 3.8) is 0 Å². The van der Waals surface area contributed by atoms with E-state index in [0.717, 1.165) is 35.2 Å². The number of alkyl halides is 1. The number of aromatic nitrogens is 2. The zero-order chi connectivity index (χ0) is 14.7. The van der Waals surface area contributed by atoms with E-state index in [1.807, 2.05) is 6.07 Å². The predicted octanol–water partition coefficient (Wildman–Crippen LogP) is 4.82. The number of imidazole rings is 1. The summed E-state index contributed by atoms with van der Waals surface area (Å²) in [5, 5.41) is 0. The van der Waals surface area contributed by atoms with Gasteiger partial charge in [-0.25, -0.2) is 4.98 Å². The van der Waals surface area contributed by atoms with Crippen LogP contribution >= 0.6 is 27.5 Å². The number of rotatable bonds is 5. The Bertz CT molecular complexity index is 737. The van der Waals surface area contributed by atoms with E-state index in [1.165, 1.54) is 11.1 Å². The monoisotopic (exact) mass is 362 g/mol. The van der Waals surface area contributed by atoms with Crippen LogP contribution in [0.3, 0.4) is 0 Å². The maximum Gasteiger partial charge on any atom is 0.111 e. The van der Waals surface area contributed by atoms with Crippen molar-refractivity contribution in [3.05, 3.63) is 64.4 Å². The van der Waals surface area contributed by atoms with Gasteiger partial charge in [0.1, 0.15) is 5.82 Å². The van der Waals surface area contributed by atoms with Crippen molar-refractivity contribution in [2.75, 3.05) is 5.88 Å². The fraction of sp³-hybridized carbons (Fsp3) is 0.235. The Balaban J connectivity index is 1.93. The third-order valence-electron chi connectivity index (χ3n) is 3.57. The highest BCUT2D eigenvalue weighted by Crippen LogP contribution is 2.22. The van der Waals surface area contributed by atoms with Crippen LogP contribution in [0.4, 0.5) is 0 Å². The van der Waals surface area contributed by atoms with Crippen molar-refractivity contribution in [2.45, 2.75) is 19.4 Å². The second-order valence-corrected chi connectivity index (χ2v) is 6.28. The maximum absolute atomic E-state index is 5.92. The summed E-state index contributed by atoms with van der Waals surface area (Å²) in [6.45, 7) is 0.925. The van der Waals surface area contributed by atoms with Gasteiger partial charge < -0.3 is 4.57 Å². The molecule has 0 bridgehead atoms. The number of benzene rings is 2. The van der Waals surface area contributed by atoms with Gasteiger partial charge in [0.25, 0.3) is 0 Å². The highest BCUT2D eigenvalue weighted by atomic mass is 79.9. The molecule has 0 saturated heterocycles. The molecule has 1 aromatic heterocycles. The van der Waals surface area contributed by atoms with Crippen LogP contribution in [0.15, 0.2) is 53.0 Å². The van der Waals surface area contributed by atoms with Gasteiger partial charge in [-0.05, 0) is 30.2 Å². The van der Waals surface area contributed by atoms with E-state index in [4.69, 9.17) is 16.6 Å². The Hall–Kier alpha value is -1.32. The predicted molar refractivity (Wildman–Crippen MR) is 92.0 cm³/mol. The molecular weight excluding hydrogens is 348 g/mol. The molecule has 3 aromatic rings. The molecule has 0 aliphatic rings. The molecule has 0 spiro atoms. The van der Waals surface area contributed by atoms with Crippen molar-refractivity contribution in [1.82, 2.24) is 9.55 Å². The Morgan fingerprint density at radius 3 is 2.62 bits per heavy atom. The molecular formula is C17H16BrClN2. The van der Waals surface area contributed by atoms with Crippen molar-refractivity contribution in [3.8, 4) is 0 Å². The lowest BCUT2D eigenvalue weighted by molar-refractivity contribution is 0.675. The maximum atomic E-state index is 5.92. The van der Waals surface area contributed by atoms with Gasteiger partial charge in [0.2, 0.25) is 0 Å². The van der Waals surface area contributed by atoms with Gasteiger partial charge in [-0.3, -0.25) is 0 Å². The molecule has 4 heteroatoms. The van der Waals surface area contributed by atoms with Crippen LogP contribution in [0.2, 0.25) is 0 Å². The fourth-order valence-corrected chi connectivity index (χ4v) is 3.08. The number of nitrogens with zero attached hydrogens (tertiary/aromatic N) is 2. The van der Waals surface area contributed by atoms with E-state index in [1.54, 1.807) is 0 Å². The Kier molecular flexibility index (Phi) is 4.61. The highest BCUT2D eigenvalue weighted by Gasteiger charge is 2.10. The number of fused-ring (bicyclic) bond motifs is 1. The van der Waals surface area contributed by atoms with Crippen LogP contribution in [-0.2, 0) is 19.4 Å². The molecule has 0 atom stereocenters. The first-order valence-corrected chi connectivity index (χ1v) is 8.35. The van der Waals surface area contributed by atoms with Crippen molar-refractivity contribution < 1.29 is 0 Å². The zero-order valence-electron chi connectivity index (χ0n) is 11.6. The highest BCUT2D eigenvalue weighted by molar-refractivity contribution is 9.10. The van der Waals surface area contributed by atoms with Crippen LogP contribution in [0.1, 0.15) is 11.4 Å². The zero-order valence-corrected chi connectivity index (χ0v) is 13.9. The molecule has 0 fully saturated rings. The molecule has 0 saturated carbocycles. The lowest BCUT2D eigenvalue weighted by Crippen LogP contribution is -2.07. The van der Waals surface area contributed by atoms with Crippen molar-refractivity contribution in [1.29, 1.82) is 0 Å². The lowest BCUT2D eigenvalue weighted by Gasteiger charge is -2.08. The third-order valence-corrected chi connectivity index (χ3v) is 4.26. The Morgan fingerprint density at radius 2 is 1.86 bits per heavy atom. The Morgan fingerprint density at radius 1 is 1.05 bits per heavy atom. The Labute approximate surface area is 137 Å². The van der Waals surface area contributed by atoms with Crippen molar-refractivity contribution >= 4 is 38.6 Å². The largest absolute Gasteiger partial charge is 0.328 e. The SMILES string of the molecule is ClCCc1nc2cc(Br)ccc2n1CCc1ccccc1. The molecule has 2 aromatic carbocycles. The van der Waals surface area contributed by atoms with Crippen LogP contribution in [0, 0.1) is 0 Å². The molecule has 1 heterocycles. The molecule has 108 valence electrons. The summed E-state index contributed by atoms with van der Waals surface area (Å²) in [6.07, 6.45) is 1.79. The van der Waals surface area contributed by atoms with Gasteiger partial charge in [0.15, 0.2) is 0 Å². The van der Waals surface area contributed by atoms with Crippen molar-refractivity contribution in [2.24, 2.45) is 0 Å². The summed E-state index contributed by atoms with van der Waals surface area (Å²) in [6, 6.07) is 16.8. The van der Waals surface area contributed by atoms with Gasteiger partial charge in [-0.15, -0.1) is 11.6 Å². The minimum Gasteiger partial charge on any atom is -0.328 e. The summed E-state index contributed by atoms with van der Waals surface area (Å²) in [4.78, 5) is 4.72. The van der Waals surface area contributed by atoms with Crippen LogP contribution < -0.4 is 0 Å². The average molecular weight is 364 g/mol. The first-order chi connectivity index (χ1) is 10.3. The standard InChI is InChI=1S/C17H16BrClN2/c18-14-6-7-16-15(12-14)20-17(8-10-19)21(16)11-9-13-4-2-1-3-5-13/h1-7,12H,8-11H2. The topological polar surface area (TPSA) is 17.8 Å². The van der Waals surface area contributed by atoms with Gasteiger partial charge in [0.05, 0.1) is 11.0 Å². The summed E-state index contributed by atoms with van der Waals surface area (Å²) in [5.41, 5.74) is 3.54. The molecule has 21 heavy (non-hydrogen) atoms. The van der Waals surface area contributed by atoms with Crippen LogP contribution in [-0.4, -0.2) is 15.4 Å². The van der Waals surface area contributed by atoms with E-state index in [2.05, 4.69) is 63.0 Å². The van der Waals surface area contributed by atoms with E-state index in [9.17, 15) is 0 Å². The second kappa shape index (κ2) is 6.63. The summed E-state index contributed by atoms with van der Waals surface area (Å²) in [5.74, 6) is 1.66. The molecule has 0 aliphatic heterocycles. The molecule has 0 N–H and O–H groups in total. The van der Waals surface area contributed by atoms with E-state index in [0.29, 0.717) is 5.88 Å². The van der Waals surface area contributed by atoms with E-state index in [-0.39, 0.29) is 0 Å². The normalized spacial score (nSPS) is 11.1. The minimum atomic E-state index is 0.593. The molecule has 0 aliphatic carbocycles. The number of aryl methyl sites for hydroxylation is 3. The first-order valence-electron chi connectivity index (χ1n) is 7.02. The summed E-state index contributed by atoms with van der Waals surface area (Å²) in [7, 11) is 0. The van der Waals surface area contributed by atoms with E-state index < -0.39 is 0 Å². The smallest absolute Gasteiger partial charge is 0.111 e. The van der Waals surface area contributed by atoms with E-state index >= 15 is 0 Å². The molecule has 2 nitrogen and oxygen atoms in total. The van der Waals surface area contributed by atoms with Gasteiger partial charge >= 0.3 is 0 Å². The van der Waals surface area contributed by atoms with Gasteiger partial charge in [-0.2, -0.15) is 0 Å². The fourth-order valence-electron chi connectivity index (χ4n) is 2.56. The average Bonchev–Trinajstić information content (AvgIpc) is 2.83.